The second-order valence-corrected chi connectivity index (χ2v) is 10.2. The first-order chi connectivity index (χ1) is 18.7. The number of amides is 5. The fourth-order valence-electron chi connectivity index (χ4n) is 4.65. The smallest absolute Gasteiger partial charge is 0.261 e. The highest BCUT2D eigenvalue weighted by molar-refractivity contribution is 6.21. The first-order valence-electron chi connectivity index (χ1n) is 13.5. The highest BCUT2D eigenvalue weighted by Gasteiger charge is 2.34. The Morgan fingerprint density at radius 3 is 1.97 bits per heavy atom. The zero-order valence-electron chi connectivity index (χ0n) is 22.9. The second-order valence-electron chi connectivity index (χ2n) is 10.2. The number of nitrogens with zero attached hydrogens (tertiary/aromatic N) is 1. The maximum Gasteiger partial charge on any atom is 0.261 e. The van der Waals surface area contributed by atoms with Gasteiger partial charge in [0, 0.05) is 26.4 Å². The largest absolute Gasteiger partial charge is 0.357 e. The molecule has 3 rings (SSSR count). The van der Waals surface area contributed by atoms with Crippen LogP contribution in [0.5, 0.6) is 0 Å². The van der Waals surface area contributed by atoms with Gasteiger partial charge in [0.2, 0.25) is 17.7 Å². The summed E-state index contributed by atoms with van der Waals surface area (Å²) in [6, 6.07) is 14.7. The number of fused-ring (bicyclic) bond motifs is 1. The summed E-state index contributed by atoms with van der Waals surface area (Å²) in [4.78, 5) is 64.5. The number of rotatable bonds is 14. The van der Waals surface area contributed by atoms with Gasteiger partial charge in [-0.25, -0.2) is 0 Å². The van der Waals surface area contributed by atoms with E-state index >= 15 is 0 Å². The van der Waals surface area contributed by atoms with E-state index in [0.717, 1.165) is 5.56 Å². The molecule has 0 saturated heterocycles. The van der Waals surface area contributed by atoms with Crippen molar-refractivity contribution in [3.63, 3.8) is 0 Å². The first kappa shape index (κ1) is 29.5. The minimum absolute atomic E-state index is 0.147. The topological polar surface area (TPSA) is 125 Å². The van der Waals surface area contributed by atoms with Crippen molar-refractivity contribution in [2.24, 2.45) is 5.92 Å². The maximum absolute atomic E-state index is 13.1. The van der Waals surface area contributed by atoms with Gasteiger partial charge >= 0.3 is 0 Å². The van der Waals surface area contributed by atoms with Gasteiger partial charge in [0.25, 0.3) is 11.8 Å². The van der Waals surface area contributed by atoms with Crippen molar-refractivity contribution in [2.45, 2.75) is 64.5 Å². The Kier molecular flexibility index (Phi) is 10.8. The van der Waals surface area contributed by atoms with Gasteiger partial charge in [0.05, 0.1) is 11.1 Å². The van der Waals surface area contributed by atoms with E-state index < -0.39 is 18.0 Å². The highest BCUT2D eigenvalue weighted by Crippen LogP contribution is 2.22. The third kappa shape index (κ3) is 8.24. The molecule has 1 aliphatic heterocycles. The van der Waals surface area contributed by atoms with Crippen LogP contribution < -0.4 is 16.0 Å². The lowest BCUT2D eigenvalue weighted by Gasteiger charge is -2.24. The molecule has 0 aliphatic carbocycles. The normalized spacial score (nSPS) is 14.1. The predicted molar refractivity (Wildman–Crippen MR) is 148 cm³/mol. The van der Waals surface area contributed by atoms with Crippen LogP contribution in [0.1, 0.15) is 72.2 Å². The summed E-state index contributed by atoms with van der Waals surface area (Å²) < 4.78 is 0. The summed E-state index contributed by atoms with van der Waals surface area (Å²) in [6.45, 7) is 4.23. The molecule has 3 N–H and O–H groups in total. The van der Waals surface area contributed by atoms with Crippen molar-refractivity contribution < 1.29 is 24.0 Å². The first-order valence-corrected chi connectivity index (χ1v) is 13.5. The van der Waals surface area contributed by atoms with Crippen LogP contribution in [-0.4, -0.2) is 60.1 Å². The molecule has 1 heterocycles. The molecule has 0 radical (unpaired) electrons. The molecule has 9 nitrogen and oxygen atoms in total. The molecule has 9 heteroatoms. The van der Waals surface area contributed by atoms with E-state index in [2.05, 4.69) is 16.0 Å². The molecule has 39 heavy (non-hydrogen) atoms. The molecule has 1 aliphatic rings. The van der Waals surface area contributed by atoms with Gasteiger partial charge in [0.1, 0.15) is 12.1 Å². The Labute approximate surface area is 229 Å². The Morgan fingerprint density at radius 2 is 1.38 bits per heavy atom. The van der Waals surface area contributed by atoms with Crippen molar-refractivity contribution in [3.8, 4) is 0 Å². The van der Waals surface area contributed by atoms with Crippen LogP contribution in [0.15, 0.2) is 54.6 Å². The Bertz CT molecular complexity index is 1150. The van der Waals surface area contributed by atoms with Gasteiger partial charge in [0.15, 0.2) is 0 Å². The molecule has 0 spiro atoms. The van der Waals surface area contributed by atoms with Crippen LogP contribution in [-0.2, 0) is 20.8 Å². The quantitative estimate of drug-likeness (QED) is 0.254. The molecular formula is C30H38N4O5. The van der Waals surface area contributed by atoms with E-state index in [0.29, 0.717) is 49.8 Å². The number of likely N-dealkylation sites (N-methyl/N-ethyl adjacent to an activating group) is 1. The maximum atomic E-state index is 13.1. The summed E-state index contributed by atoms with van der Waals surface area (Å²) in [6.07, 6.45) is 2.78. The average Bonchev–Trinajstić information content (AvgIpc) is 3.16. The molecule has 0 saturated carbocycles. The lowest BCUT2D eigenvalue weighted by atomic mass is 10.0. The molecule has 0 unspecified atom stereocenters. The molecule has 2 atom stereocenters. The van der Waals surface area contributed by atoms with Crippen LogP contribution in [0.2, 0.25) is 0 Å². The van der Waals surface area contributed by atoms with E-state index in [1.165, 1.54) is 11.9 Å². The molecule has 208 valence electrons. The van der Waals surface area contributed by atoms with Gasteiger partial charge in [-0.1, -0.05) is 62.7 Å². The average molecular weight is 535 g/mol. The zero-order chi connectivity index (χ0) is 28.4. The highest BCUT2D eigenvalue weighted by atomic mass is 16.2. The summed E-state index contributed by atoms with van der Waals surface area (Å²) >= 11 is 0. The third-order valence-corrected chi connectivity index (χ3v) is 6.68. The Morgan fingerprint density at radius 1 is 0.769 bits per heavy atom. The number of unbranched alkanes of at least 4 members (excludes halogenated alkanes) is 2. The predicted octanol–water partition coefficient (Wildman–Crippen LogP) is 2.85. The minimum Gasteiger partial charge on any atom is -0.357 e. The number of carbonyl (C=O) groups excluding carboxylic acids is 5. The summed E-state index contributed by atoms with van der Waals surface area (Å²) in [5.74, 6) is -1.37. The number of carbonyl (C=O) groups is 5. The fourth-order valence-corrected chi connectivity index (χ4v) is 4.65. The van der Waals surface area contributed by atoms with Crippen molar-refractivity contribution in [3.05, 3.63) is 71.3 Å². The minimum atomic E-state index is -0.765. The third-order valence-electron chi connectivity index (χ3n) is 6.68. The molecule has 0 fully saturated rings. The Hall–Kier alpha value is -4.01. The number of benzene rings is 2. The van der Waals surface area contributed by atoms with Crippen molar-refractivity contribution in [1.82, 2.24) is 20.9 Å². The second kappa shape index (κ2) is 14.2. The van der Waals surface area contributed by atoms with Crippen LogP contribution in [0.25, 0.3) is 0 Å². The summed E-state index contributed by atoms with van der Waals surface area (Å²) in [5, 5.41) is 8.24. The zero-order valence-corrected chi connectivity index (χ0v) is 22.9. The fraction of sp³-hybridized carbons (Fsp3) is 0.433. The van der Waals surface area contributed by atoms with Crippen molar-refractivity contribution in [1.29, 1.82) is 0 Å². The van der Waals surface area contributed by atoms with E-state index in [1.54, 1.807) is 24.3 Å². The SMILES string of the molecule is CNC(=O)[C@H](Cc1ccccc1)NC(=O)[C@H](CC(C)C)NC(=O)CCCCCN1C(=O)c2ccccc2C1=O. The van der Waals surface area contributed by atoms with E-state index in [1.807, 2.05) is 44.2 Å². The molecule has 2 aromatic carbocycles. The van der Waals surface area contributed by atoms with Gasteiger partial charge in [-0.3, -0.25) is 28.9 Å². The van der Waals surface area contributed by atoms with E-state index in [4.69, 9.17) is 0 Å². The molecule has 0 aromatic heterocycles. The number of nitrogens with one attached hydrogen (secondary N) is 3. The van der Waals surface area contributed by atoms with Gasteiger partial charge < -0.3 is 16.0 Å². The monoisotopic (exact) mass is 534 g/mol. The van der Waals surface area contributed by atoms with Gasteiger partial charge in [-0.15, -0.1) is 0 Å². The standard InChI is InChI=1S/C30H38N4O5/c1-20(2)18-24(28(37)33-25(27(36)31-3)19-21-12-6-4-7-13-21)32-26(35)16-8-5-11-17-34-29(38)22-14-9-10-15-23(22)30(34)39/h4,6-7,9-10,12-15,20,24-25H,5,8,11,16-19H2,1-3H3,(H,31,36)(H,32,35)(H,33,37)/t24-,25-/m0/s1. The molecule has 2 aromatic rings. The molecule has 5 amide bonds. The number of hydrogen-bond acceptors (Lipinski definition) is 5. The van der Waals surface area contributed by atoms with Crippen LogP contribution in [0, 0.1) is 5.92 Å². The lowest BCUT2D eigenvalue weighted by Crippen LogP contribution is -2.54. The number of imide groups is 1. The van der Waals surface area contributed by atoms with Gasteiger partial charge in [-0.05, 0) is 42.9 Å². The van der Waals surface area contributed by atoms with E-state index in [-0.39, 0.29) is 36.0 Å². The van der Waals surface area contributed by atoms with Crippen molar-refractivity contribution >= 4 is 29.5 Å². The lowest BCUT2D eigenvalue weighted by molar-refractivity contribution is -0.132. The number of hydrogen-bond donors (Lipinski definition) is 3. The van der Waals surface area contributed by atoms with Crippen LogP contribution in [0.3, 0.4) is 0 Å². The van der Waals surface area contributed by atoms with E-state index in [9.17, 15) is 24.0 Å². The van der Waals surface area contributed by atoms with Gasteiger partial charge in [-0.2, -0.15) is 0 Å². The molecular weight excluding hydrogens is 496 g/mol. The summed E-state index contributed by atoms with van der Waals surface area (Å²) in [7, 11) is 1.52. The van der Waals surface area contributed by atoms with Crippen LogP contribution >= 0.6 is 0 Å². The van der Waals surface area contributed by atoms with Crippen LogP contribution in [0.4, 0.5) is 0 Å². The molecule has 0 bridgehead atoms. The summed E-state index contributed by atoms with van der Waals surface area (Å²) in [5.41, 5.74) is 1.77. The van der Waals surface area contributed by atoms with Crippen molar-refractivity contribution in [2.75, 3.05) is 13.6 Å². The Balaban J connectivity index is 1.47.